The Morgan fingerprint density at radius 2 is 0.875 bits per heavy atom. The normalized spacial score (nSPS) is 8.80. The van der Waals surface area contributed by atoms with E-state index in [1.165, 1.54) is 15.5 Å². The van der Waals surface area contributed by atoms with E-state index in [2.05, 4.69) is 79.6 Å². The lowest BCUT2D eigenvalue weighted by atomic mass is 10.1. The molecule has 0 radical (unpaired) electrons. The minimum Gasteiger partial charge on any atom is -0.284 e. The molecule has 298 valence electrons. The maximum atomic E-state index is 11.4. The number of fused-ring (bicyclic) bond motifs is 6. The number of benzene rings is 5. The summed E-state index contributed by atoms with van der Waals surface area (Å²) in [6, 6.07) is 40.1. The fourth-order valence-corrected chi connectivity index (χ4v) is 4.75. The molecular formula is C48H65N7O. The van der Waals surface area contributed by atoms with Gasteiger partial charge in [-0.15, -0.1) is 0 Å². The Bertz CT molecular complexity index is 2200. The van der Waals surface area contributed by atoms with Gasteiger partial charge in [-0.1, -0.05) is 175 Å². The smallest absolute Gasteiger partial charge is 0.274 e. The van der Waals surface area contributed by atoms with Crippen molar-refractivity contribution < 1.29 is 0 Å². The van der Waals surface area contributed by atoms with Crippen molar-refractivity contribution in [3.63, 3.8) is 0 Å². The Labute approximate surface area is 336 Å². The summed E-state index contributed by atoms with van der Waals surface area (Å²) in [6.45, 7) is 16.0. The number of imidazole rings is 1. The minimum absolute atomic E-state index is 0. The summed E-state index contributed by atoms with van der Waals surface area (Å²) < 4.78 is 3.32. The lowest BCUT2D eigenvalue weighted by molar-refractivity contribution is 0.718. The molecule has 9 aromatic rings. The van der Waals surface area contributed by atoms with Crippen LogP contribution in [0.15, 0.2) is 163 Å². The summed E-state index contributed by atoms with van der Waals surface area (Å²) in [5.74, 6) is 0.749. The van der Waals surface area contributed by atoms with E-state index < -0.39 is 0 Å². The molecule has 0 aliphatic heterocycles. The molecule has 0 unspecified atom stereocenters. The van der Waals surface area contributed by atoms with E-state index in [4.69, 9.17) is 0 Å². The third kappa shape index (κ3) is 14.9. The maximum absolute atomic E-state index is 11.4. The van der Waals surface area contributed by atoms with Crippen molar-refractivity contribution in [2.24, 2.45) is 7.05 Å². The van der Waals surface area contributed by atoms with Crippen molar-refractivity contribution in [2.75, 3.05) is 0 Å². The quantitative estimate of drug-likeness (QED) is 0.153. The van der Waals surface area contributed by atoms with Gasteiger partial charge in [0.15, 0.2) is 0 Å². The molecule has 8 heteroatoms. The van der Waals surface area contributed by atoms with E-state index in [0.717, 1.165) is 38.5 Å². The van der Waals surface area contributed by atoms with Crippen molar-refractivity contribution in [3.8, 4) is 0 Å². The first-order chi connectivity index (χ1) is 26.2. The fourth-order valence-electron chi connectivity index (χ4n) is 4.75. The Morgan fingerprint density at radius 3 is 1.39 bits per heavy atom. The molecule has 9 rings (SSSR count). The van der Waals surface area contributed by atoms with Gasteiger partial charge in [0.2, 0.25) is 5.78 Å². The molecule has 4 aromatic heterocycles. The van der Waals surface area contributed by atoms with Gasteiger partial charge in [0, 0.05) is 48.8 Å². The molecule has 8 nitrogen and oxygen atoms in total. The van der Waals surface area contributed by atoms with Crippen LogP contribution in [0.25, 0.3) is 49.3 Å². The monoisotopic (exact) mass is 756 g/mol. The standard InChI is InChI=1S/C10H7N3.C10H8.C9H8N2O.C8H6N2.4C2H6.3CH4/c1-2-4-9-8(3-1)7-12-10-11-5-6-13(9)10;1-2-6-10-8-4-3-7-9(10)5-1;1-11-9(12)8-5-3-2-4-7(8)6-10-11;1-2-4-8-7(3-1)9-5-6-10-8;4*1-2;;;/h1-7H;1-8H;2-6H,1H3;1-6H;4*1-2H3;3*1H4. The number of hydrogen-bond donors (Lipinski definition) is 0. The highest BCUT2D eigenvalue weighted by molar-refractivity contribution is 5.82. The summed E-state index contributed by atoms with van der Waals surface area (Å²) in [6.07, 6.45) is 10.6. The molecule has 0 N–H and O–H groups in total. The summed E-state index contributed by atoms with van der Waals surface area (Å²) in [5, 5.41) is 9.27. The average Bonchev–Trinajstić information content (AvgIpc) is 3.76. The summed E-state index contributed by atoms with van der Waals surface area (Å²) in [5.41, 5.74) is 2.99. The van der Waals surface area contributed by atoms with E-state index >= 15 is 0 Å². The highest BCUT2D eigenvalue weighted by atomic mass is 16.1. The van der Waals surface area contributed by atoms with Crippen molar-refractivity contribution in [1.82, 2.24) is 34.1 Å². The Balaban J connectivity index is 0. The Kier molecular flexibility index (Phi) is 27.8. The third-order valence-corrected chi connectivity index (χ3v) is 7.03. The zero-order valence-electron chi connectivity index (χ0n) is 32.5. The molecular weight excluding hydrogens is 691 g/mol. The van der Waals surface area contributed by atoms with E-state index in [-0.39, 0.29) is 27.8 Å². The van der Waals surface area contributed by atoms with Crippen LogP contribution in [0.5, 0.6) is 0 Å². The van der Waals surface area contributed by atoms with Crippen LogP contribution in [0.4, 0.5) is 0 Å². The van der Waals surface area contributed by atoms with E-state index in [9.17, 15) is 4.79 Å². The fraction of sp³-hybridized carbons (Fsp3) is 0.250. The zero-order chi connectivity index (χ0) is 38.8. The van der Waals surface area contributed by atoms with Crippen LogP contribution in [-0.4, -0.2) is 34.1 Å². The number of para-hydroxylation sites is 3. The molecule has 0 saturated carbocycles. The molecule has 0 aliphatic rings. The summed E-state index contributed by atoms with van der Waals surface area (Å²) in [4.78, 5) is 28.0. The molecule has 0 fully saturated rings. The largest absolute Gasteiger partial charge is 0.284 e. The van der Waals surface area contributed by atoms with Gasteiger partial charge in [-0.05, 0) is 35.0 Å². The van der Waals surface area contributed by atoms with Crippen LogP contribution in [0.2, 0.25) is 0 Å². The van der Waals surface area contributed by atoms with E-state index in [0.29, 0.717) is 0 Å². The van der Waals surface area contributed by atoms with Crippen molar-refractivity contribution >= 4 is 49.3 Å². The maximum Gasteiger partial charge on any atom is 0.274 e. The number of nitrogens with zero attached hydrogens (tertiary/aromatic N) is 7. The van der Waals surface area contributed by atoms with Crippen molar-refractivity contribution in [2.45, 2.75) is 77.7 Å². The molecule has 56 heavy (non-hydrogen) atoms. The minimum atomic E-state index is -0.0481. The van der Waals surface area contributed by atoms with Crippen LogP contribution >= 0.6 is 0 Å². The third-order valence-electron chi connectivity index (χ3n) is 7.03. The van der Waals surface area contributed by atoms with Crippen LogP contribution in [0, 0.1) is 0 Å². The second-order valence-electron chi connectivity index (χ2n) is 9.97. The highest BCUT2D eigenvalue weighted by Crippen LogP contribution is 2.13. The lowest BCUT2D eigenvalue weighted by Gasteiger charge is -1.98. The van der Waals surface area contributed by atoms with Crippen LogP contribution in [0.3, 0.4) is 0 Å². The SMILES string of the molecule is C.C.C.CC.CC.CC.CC.Cn1ncc2ccccc2c1=O.c1ccc2c(c1)cnc1nccn12.c1ccc2ccccc2c1.c1ccc2nccnc2c1. The van der Waals surface area contributed by atoms with E-state index in [1.54, 1.807) is 37.9 Å². The van der Waals surface area contributed by atoms with Gasteiger partial charge in [0.25, 0.3) is 5.56 Å². The van der Waals surface area contributed by atoms with Gasteiger partial charge in [-0.2, -0.15) is 5.10 Å². The first-order valence-electron chi connectivity index (χ1n) is 18.3. The van der Waals surface area contributed by atoms with Crippen LogP contribution in [-0.2, 0) is 7.05 Å². The first-order valence-corrected chi connectivity index (χ1v) is 18.3. The molecule has 0 bridgehead atoms. The van der Waals surface area contributed by atoms with Gasteiger partial charge in [0.05, 0.1) is 28.1 Å². The summed E-state index contributed by atoms with van der Waals surface area (Å²) >= 11 is 0. The molecule has 0 amide bonds. The van der Waals surface area contributed by atoms with Crippen LogP contribution < -0.4 is 5.56 Å². The second-order valence-corrected chi connectivity index (χ2v) is 9.97. The molecule has 0 saturated heterocycles. The van der Waals surface area contributed by atoms with Gasteiger partial charge in [0.1, 0.15) is 0 Å². The number of aromatic nitrogens is 7. The number of aryl methyl sites for hydroxylation is 1. The molecule has 0 atom stereocenters. The summed E-state index contributed by atoms with van der Waals surface area (Å²) in [7, 11) is 1.65. The highest BCUT2D eigenvalue weighted by Gasteiger charge is 1.99. The second kappa shape index (κ2) is 30.1. The van der Waals surface area contributed by atoms with Gasteiger partial charge in [-0.3, -0.25) is 19.2 Å². The predicted molar refractivity (Wildman–Crippen MR) is 247 cm³/mol. The Hall–Kier alpha value is -6.28. The van der Waals surface area contributed by atoms with Crippen LogP contribution in [0.1, 0.15) is 77.7 Å². The molecule has 5 aromatic carbocycles. The van der Waals surface area contributed by atoms with Gasteiger partial charge >= 0.3 is 0 Å². The molecule has 0 aliphatic carbocycles. The predicted octanol–water partition coefficient (Wildman–Crippen LogP) is 13.3. The average molecular weight is 756 g/mol. The van der Waals surface area contributed by atoms with Gasteiger partial charge in [-0.25, -0.2) is 14.6 Å². The molecule has 0 spiro atoms. The first kappa shape index (κ1) is 51.8. The number of hydrogen-bond acceptors (Lipinski definition) is 6. The van der Waals surface area contributed by atoms with Gasteiger partial charge < -0.3 is 0 Å². The molecule has 4 heterocycles. The van der Waals surface area contributed by atoms with Crippen molar-refractivity contribution in [1.29, 1.82) is 0 Å². The number of rotatable bonds is 0. The van der Waals surface area contributed by atoms with Crippen molar-refractivity contribution in [3.05, 3.63) is 169 Å². The Morgan fingerprint density at radius 1 is 0.446 bits per heavy atom. The lowest BCUT2D eigenvalue weighted by Crippen LogP contribution is -2.18. The van der Waals surface area contributed by atoms with E-state index in [1.807, 2.05) is 133 Å². The topological polar surface area (TPSA) is 90.9 Å². The zero-order valence-corrected chi connectivity index (χ0v) is 32.5.